The summed E-state index contributed by atoms with van der Waals surface area (Å²) < 4.78 is 11.1. The highest BCUT2D eigenvalue weighted by molar-refractivity contribution is 9.10. The SMILES string of the molecule is COc1cc(C(C)N=C=O)cc(OC)c1Br. The Morgan fingerprint density at radius 1 is 1.31 bits per heavy atom. The molecule has 0 aromatic heterocycles. The van der Waals surface area contributed by atoms with Crippen molar-refractivity contribution < 1.29 is 14.3 Å². The number of ether oxygens (including phenoxy) is 2. The first-order valence-electron chi connectivity index (χ1n) is 4.62. The summed E-state index contributed by atoms with van der Waals surface area (Å²) in [6.45, 7) is 1.80. The van der Waals surface area contributed by atoms with Crippen molar-refractivity contribution in [3.05, 3.63) is 22.2 Å². The van der Waals surface area contributed by atoms with Gasteiger partial charge >= 0.3 is 0 Å². The highest BCUT2D eigenvalue weighted by Crippen LogP contribution is 2.37. The van der Waals surface area contributed by atoms with Crippen molar-refractivity contribution in [1.82, 2.24) is 0 Å². The molecule has 0 saturated heterocycles. The standard InChI is InChI=1S/C11H12BrNO3/c1-7(13-6-14)8-4-9(15-2)11(12)10(5-8)16-3/h4-5,7H,1-3H3. The molecule has 0 bridgehead atoms. The quantitative estimate of drug-likeness (QED) is 0.631. The van der Waals surface area contributed by atoms with Gasteiger partial charge < -0.3 is 9.47 Å². The van der Waals surface area contributed by atoms with Gasteiger partial charge in [0.25, 0.3) is 0 Å². The van der Waals surface area contributed by atoms with Gasteiger partial charge in [-0.1, -0.05) is 0 Å². The first-order valence-corrected chi connectivity index (χ1v) is 5.41. The van der Waals surface area contributed by atoms with Crippen LogP contribution < -0.4 is 9.47 Å². The molecular formula is C11H12BrNO3. The molecule has 0 N–H and O–H groups in total. The predicted molar refractivity (Wildman–Crippen MR) is 63.8 cm³/mol. The molecule has 0 amide bonds. The molecule has 16 heavy (non-hydrogen) atoms. The van der Waals surface area contributed by atoms with Gasteiger partial charge in [0.05, 0.1) is 20.3 Å². The third-order valence-electron chi connectivity index (χ3n) is 2.20. The summed E-state index contributed by atoms with van der Waals surface area (Å²) in [6, 6.07) is 3.34. The summed E-state index contributed by atoms with van der Waals surface area (Å²) >= 11 is 3.37. The van der Waals surface area contributed by atoms with E-state index in [9.17, 15) is 4.79 Å². The second-order valence-electron chi connectivity index (χ2n) is 3.14. The van der Waals surface area contributed by atoms with Crippen LogP contribution in [0, 0.1) is 0 Å². The maximum absolute atomic E-state index is 10.2. The number of halogens is 1. The lowest BCUT2D eigenvalue weighted by Crippen LogP contribution is -1.95. The van der Waals surface area contributed by atoms with Crippen molar-refractivity contribution in [2.75, 3.05) is 14.2 Å². The fourth-order valence-corrected chi connectivity index (χ4v) is 1.84. The predicted octanol–water partition coefficient (Wildman–Crippen LogP) is 2.86. The summed E-state index contributed by atoms with van der Waals surface area (Å²) in [4.78, 5) is 13.8. The van der Waals surface area contributed by atoms with Gasteiger partial charge in [-0.15, -0.1) is 0 Å². The normalized spacial score (nSPS) is 11.5. The maximum Gasteiger partial charge on any atom is 0.235 e. The minimum Gasteiger partial charge on any atom is -0.495 e. The second kappa shape index (κ2) is 5.68. The van der Waals surface area contributed by atoms with E-state index in [0.717, 1.165) is 10.0 Å². The Hall–Kier alpha value is -1.32. The molecule has 0 radical (unpaired) electrons. The number of hydrogen-bond acceptors (Lipinski definition) is 4. The molecule has 5 heteroatoms. The van der Waals surface area contributed by atoms with Crippen LogP contribution in [-0.2, 0) is 4.79 Å². The van der Waals surface area contributed by atoms with E-state index in [4.69, 9.17) is 9.47 Å². The number of methoxy groups -OCH3 is 2. The van der Waals surface area contributed by atoms with Gasteiger partial charge in [-0.3, -0.25) is 0 Å². The Kier molecular flexibility index (Phi) is 4.52. The van der Waals surface area contributed by atoms with Crippen molar-refractivity contribution in [1.29, 1.82) is 0 Å². The number of rotatable bonds is 4. The Balaban J connectivity index is 3.26. The Morgan fingerprint density at radius 2 is 1.81 bits per heavy atom. The van der Waals surface area contributed by atoms with Crippen LogP contribution in [0.3, 0.4) is 0 Å². The molecule has 1 atom stereocenters. The molecule has 0 saturated carbocycles. The molecule has 4 nitrogen and oxygen atoms in total. The van der Waals surface area contributed by atoms with E-state index in [1.54, 1.807) is 33.3 Å². The number of isocyanates is 1. The number of aliphatic imine (C=N–C) groups is 1. The van der Waals surface area contributed by atoms with Crippen LogP contribution in [0.5, 0.6) is 11.5 Å². The first-order chi connectivity index (χ1) is 7.63. The molecule has 0 aliphatic rings. The van der Waals surface area contributed by atoms with Crippen molar-refractivity contribution in [2.24, 2.45) is 4.99 Å². The van der Waals surface area contributed by atoms with Gasteiger partial charge in [0.15, 0.2) is 0 Å². The maximum atomic E-state index is 10.2. The lowest BCUT2D eigenvalue weighted by molar-refractivity contribution is 0.388. The van der Waals surface area contributed by atoms with Crippen LogP contribution >= 0.6 is 15.9 Å². The molecule has 0 aliphatic heterocycles. The van der Waals surface area contributed by atoms with Gasteiger partial charge in [0.2, 0.25) is 6.08 Å². The third kappa shape index (κ3) is 2.62. The average Bonchev–Trinajstić information content (AvgIpc) is 2.29. The molecule has 1 unspecified atom stereocenters. The van der Waals surface area contributed by atoms with Crippen molar-refractivity contribution in [2.45, 2.75) is 13.0 Å². The third-order valence-corrected chi connectivity index (χ3v) is 2.98. The molecule has 1 rings (SSSR count). The fraction of sp³-hybridized carbons (Fsp3) is 0.364. The number of benzene rings is 1. The van der Waals surface area contributed by atoms with Gasteiger partial charge in [-0.25, -0.2) is 4.79 Å². The minimum absolute atomic E-state index is 0.270. The van der Waals surface area contributed by atoms with Crippen LogP contribution in [0.4, 0.5) is 0 Å². The molecule has 1 aromatic carbocycles. The summed E-state index contributed by atoms with van der Waals surface area (Å²) in [6.07, 6.45) is 1.54. The van der Waals surface area contributed by atoms with Crippen LogP contribution in [0.25, 0.3) is 0 Å². The Bertz CT molecular complexity index is 402. The highest BCUT2D eigenvalue weighted by Gasteiger charge is 2.13. The summed E-state index contributed by atoms with van der Waals surface area (Å²) in [5, 5.41) is 0. The zero-order chi connectivity index (χ0) is 12.1. The van der Waals surface area contributed by atoms with Crippen molar-refractivity contribution >= 4 is 22.0 Å². The lowest BCUT2D eigenvalue weighted by atomic mass is 10.1. The molecule has 0 aliphatic carbocycles. The van der Waals surface area contributed by atoms with E-state index in [1.807, 2.05) is 0 Å². The summed E-state index contributed by atoms with van der Waals surface area (Å²) in [5.41, 5.74) is 0.834. The van der Waals surface area contributed by atoms with E-state index in [0.29, 0.717) is 11.5 Å². The monoisotopic (exact) mass is 285 g/mol. The molecule has 1 aromatic rings. The van der Waals surface area contributed by atoms with Crippen LogP contribution in [0.2, 0.25) is 0 Å². The Morgan fingerprint density at radius 3 is 2.19 bits per heavy atom. The molecular weight excluding hydrogens is 274 g/mol. The van der Waals surface area contributed by atoms with E-state index in [1.165, 1.54) is 6.08 Å². The van der Waals surface area contributed by atoms with E-state index in [-0.39, 0.29) is 6.04 Å². The number of hydrogen-bond donors (Lipinski definition) is 0. The van der Waals surface area contributed by atoms with Gasteiger partial charge in [0.1, 0.15) is 16.0 Å². The van der Waals surface area contributed by atoms with E-state index >= 15 is 0 Å². The van der Waals surface area contributed by atoms with Crippen LogP contribution in [0.15, 0.2) is 21.6 Å². The summed E-state index contributed by atoms with van der Waals surface area (Å²) in [7, 11) is 3.13. The summed E-state index contributed by atoms with van der Waals surface area (Å²) in [5.74, 6) is 1.28. The van der Waals surface area contributed by atoms with E-state index in [2.05, 4.69) is 20.9 Å². The molecule has 86 valence electrons. The topological polar surface area (TPSA) is 47.9 Å². The smallest absolute Gasteiger partial charge is 0.235 e. The fourth-order valence-electron chi connectivity index (χ4n) is 1.28. The molecule has 0 fully saturated rings. The van der Waals surface area contributed by atoms with Gasteiger partial charge in [0, 0.05) is 0 Å². The minimum atomic E-state index is -0.270. The lowest BCUT2D eigenvalue weighted by Gasteiger charge is -2.12. The highest BCUT2D eigenvalue weighted by atomic mass is 79.9. The van der Waals surface area contributed by atoms with Crippen molar-refractivity contribution in [3.8, 4) is 11.5 Å². The average molecular weight is 286 g/mol. The van der Waals surface area contributed by atoms with Crippen LogP contribution in [-0.4, -0.2) is 20.3 Å². The second-order valence-corrected chi connectivity index (χ2v) is 3.93. The van der Waals surface area contributed by atoms with Crippen molar-refractivity contribution in [3.63, 3.8) is 0 Å². The largest absolute Gasteiger partial charge is 0.495 e. The van der Waals surface area contributed by atoms with Gasteiger partial charge in [-0.2, -0.15) is 4.99 Å². The van der Waals surface area contributed by atoms with E-state index < -0.39 is 0 Å². The number of nitrogens with zero attached hydrogens (tertiary/aromatic N) is 1. The Labute approximate surface area is 102 Å². The zero-order valence-electron chi connectivity index (χ0n) is 9.28. The van der Waals surface area contributed by atoms with Crippen LogP contribution in [0.1, 0.15) is 18.5 Å². The number of carbonyl (C=O) groups excluding carboxylic acids is 1. The molecule has 0 spiro atoms. The molecule has 0 heterocycles. The zero-order valence-corrected chi connectivity index (χ0v) is 10.9. The van der Waals surface area contributed by atoms with Gasteiger partial charge in [-0.05, 0) is 40.5 Å². The first kappa shape index (κ1) is 12.7.